The number of anilines is 2. The number of thiophene rings is 2. The fraction of sp³-hybridized carbons (Fsp3) is 0.454. The van der Waals surface area contributed by atoms with Gasteiger partial charge in [-0.25, -0.2) is 24.1 Å². The second kappa shape index (κ2) is 47.2. The van der Waals surface area contributed by atoms with Gasteiger partial charge in [0.25, 0.3) is 17.7 Å². The summed E-state index contributed by atoms with van der Waals surface area (Å²) in [5, 5.41) is 163. The number of rotatable bonds is 40. The molecular formula is C97H109N9O40S3. The van der Waals surface area contributed by atoms with Crippen LogP contribution in [0.15, 0.2) is 138 Å². The van der Waals surface area contributed by atoms with E-state index in [0.717, 1.165) is 42.8 Å². The Bertz CT molecular complexity index is 6120. The first-order valence-corrected chi connectivity index (χ1v) is 50.2. The maximum absolute atomic E-state index is 15.2. The lowest BCUT2D eigenvalue weighted by molar-refractivity contribution is -0.277. The molecule has 11 heterocycles. The van der Waals surface area contributed by atoms with Crippen molar-refractivity contribution in [1.82, 2.24) is 34.6 Å². The highest BCUT2D eigenvalue weighted by molar-refractivity contribution is 7.82. The third-order valence-electron chi connectivity index (χ3n) is 26.1. The maximum atomic E-state index is 15.2. The molecule has 6 aromatic carbocycles. The van der Waals surface area contributed by atoms with Gasteiger partial charge >= 0.3 is 22.6 Å². The molecule has 8 aliphatic rings. The standard InChI is InChI=1S/C97H109N9O40S3/c1-100(18-21-132-22-19-101-40-56(98-99-101)48-134-25-24-133-23-20-102-77(110)14-15-78(102)111)88(121)53-8-13-66(141-95-87(120)84(117)81(114)74(43-109)144-95)71(31-53)146-149(128,129)145-59-29-51(46-135-69-34-62-60(32-67(69)130-2)89(122)103-38-54-16-26-147-75(54)36-64(103)91(124)105(62)96(126)137-44-49-4-9-57(10-5-49)139-93-85(118)82(115)79(112)72(41-107)142-93)28-52(30-59)47-136-70-35-63-61(33-68(70)131-3)90(123)104-39-55-17-27-148-76(55)37-65(104)92(125)106(63)97(127)138-45-50-6-11-58(12-7-50)140-94-86(119)83(116)80(113)73(42-108)143-94/h4-13,16-17,26-35,40,64-65,72-74,79-87,91-95,107-109,112-120,124-125H,14-15,18-25,36-39,41-48H2,1-3H3/t64-,65-,72+,73+,74+,79-,80-,81-,82-,83-,84-,85+,86+,87+,91?,92?,93+,94+,95+/m0/s1. The molecule has 0 saturated carbocycles. The fourth-order valence-corrected chi connectivity index (χ4v) is 20.6. The van der Waals surface area contributed by atoms with E-state index < -0.39 is 220 Å². The van der Waals surface area contributed by atoms with Crippen molar-refractivity contribution in [2.45, 2.75) is 195 Å². The molecule has 800 valence electrons. The number of aliphatic hydroxyl groups is 14. The van der Waals surface area contributed by atoms with Gasteiger partial charge in [0.1, 0.15) is 123 Å². The largest absolute Gasteiger partial charge is 0.501 e. The van der Waals surface area contributed by atoms with Crippen molar-refractivity contribution >= 4 is 86.2 Å². The zero-order valence-corrected chi connectivity index (χ0v) is 82.4. The Morgan fingerprint density at radius 3 is 1.40 bits per heavy atom. The quantitative estimate of drug-likeness (QED) is 0.0182. The number of hydrogen-bond donors (Lipinski definition) is 14. The molecule has 7 amide bonds. The summed E-state index contributed by atoms with van der Waals surface area (Å²) in [5.74, 6) is -5.07. The van der Waals surface area contributed by atoms with Gasteiger partial charge in [-0.1, -0.05) is 29.5 Å². The third-order valence-corrected chi connectivity index (χ3v) is 28.8. The van der Waals surface area contributed by atoms with E-state index in [-0.39, 0.29) is 184 Å². The summed E-state index contributed by atoms with van der Waals surface area (Å²) in [6.07, 6.45) is -29.3. The van der Waals surface area contributed by atoms with Crippen LogP contribution < -0.4 is 51.3 Å². The molecule has 49 nitrogen and oxygen atoms in total. The maximum Gasteiger partial charge on any atom is 0.501 e. The van der Waals surface area contributed by atoms with Crippen molar-refractivity contribution in [3.05, 3.63) is 204 Å². The summed E-state index contributed by atoms with van der Waals surface area (Å²) in [6, 6.07) is 25.1. The normalized spacial score (nSPS) is 25.1. The number of benzene rings is 6. The van der Waals surface area contributed by atoms with E-state index in [2.05, 4.69) is 10.3 Å². The minimum absolute atomic E-state index is 0.00237. The molecule has 17 rings (SSSR count). The van der Waals surface area contributed by atoms with Crippen molar-refractivity contribution in [1.29, 1.82) is 0 Å². The van der Waals surface area contributed by atoms with Crippen LogP contribution in [0.2, 0.25) is 0 Å². The number of methoxy groups -OCH3 is 2. The molecule has 4 fully saturated rings. The molecule has 52 heteroatoms. The zero-order chi connectivity index (χ0) is 106. The van der Waals surface area contributed by atoms with Crippen LogP contribution in [0.4, 0.5) is 21.0 Å². The number of carbonyl (C=O) groups excluding carboxylic acids is 7. The average Bonchev–Trinajstić information content (AvgIpc) is 1.60. The summed E-state index contributed by atoms with van der Waals surface area (Å²) in [6.45, 7) is -3.60. The third kappa shape index (κ3) is 24.0. The number of likely N-dealkylation sites (N-methyl/N-ethyl adjacent to an activating group) is 1. The van der Waals surface area contributed by atoms with E-state index in [1.165, 1.54) is 165 Å². The Balaban J connectivity index is 0.660. The van der Waals surface area contributed by atoms with Crippen LogP contribution in [-0.2, 0) is 123 Å². The van der Waals surface area contributed by atoms with Crippen LogP contribution in [0.25, 0.3) is 0 Å². The number of aromatic nitrogens is 3. The number of amides is 7. The molecule has 0 aliphatic carbocycles. The van der Waals surface area contributed by atoms with Gasteiger partial charge in [-0.15, -0.1) is 36.2 Å². The van der Waals surface area contributed by atoms with E-state index in [1.54, 1.807) is 6.20 Å². The Morgan fingerprint density at radius 2 is 0.926 bits per heavy atom. The molecule has 3 aromatic heterocycles. The average molecular weight is 2140 g/mol. The smallest absolute Gasteiger partial charge is 0.493 e. The van der Waals surface area contributed by atoms with Crippen LogP contribution in [0.5, 0.6) is 51.7 Å². The van der Waals surface area contributed by atoms with E-state index in [0.29, 0.717) is 16.8 Å². The molecule has 149 heavy (non-hydrogen) atoms. The second-order valence-electron chi connectivity index (χ2n) is 35.8. The fourth-order valence-electron chi connectivity index (χ4n) is 18.0. The number of carbonyl (C=O) groups is 7. The Hall–Kier alpha value is -12.7. The molecule has 0 spiro atoms. The van der Waals surface area contributed by atoms with Gasteiger partial charge in [-0.3, -0.25) is 28.9 Å². The van der Waals surface area contributed by atoms with Crippen LogP contribution >= 0.6 is 22.7 Å². The minimum atomic E-state index is -5.62. The first-order valence-electron chi connectivity index (χ1n) is 47.1. The highest BCUT2D eigenvalue weighted by atomic mass is 32.3. The van der Waals surface area contributed by atoms with Gasteiger partial charge in [-0.2, -0.15) is 0 Å². The molecule has 19 atom stereocenters. The summed E-state index contributed by atoms with van der Waals surface area (Å²) in [7, 11) is -1.71. The first-order chi connectivity index (χ1) is 71.7. The van der Waals surface area contributed by atoms with Crippen LogP contribution in [-0.4, -0.2) is 360 Å². The minimum Gasteiger partial charge on any atom is -0.493 e. The molecule has 2 unspecified atom stereocenters. The van der Waals surface area contributed by atoms with Gasteiger partial charge < -0.3 is 166 Å². The van der Waals surface area contributed by atoms with Crippen LogP contribution in [0.1, 0.15) is 92.7 Å². The number of ether oxygens (including phenoxy) is 15. The van der Waals surface area contributed by atoms with Crippen molar-refractivity contribution in [3.8, 4) is 51.7 Å². The molecule has 0 radical (unpaired) electrons. The highest BCUT2D eigenvalue weighted by Crippen LogP contribution is 2.47. The zero-order valence-electron chi connectivity index (χ0n) is 79.9. The number of likely N-dealkylation sites (tertiary alicyclic amines) is 1. The number of imide groups is 1. The number of nitrogens with zero attached hydrogens (tertiary/aromatic N) is 9. The van der Waals surface area contributed by atoms with E-state index in [4.69, 9.17) is 79.4 Å². The van der Waals surface area contributed by atoms with Gasteiger partial charge in [0.15, 0.2) is 47.0 Å². The van der Waals surface area contributed by atoms with Gasteiger partial charge in [0.2, 0.25) is 30.7 Å². The van der Waals surface area contributed by atoms with Crippen molar-refractivity contribution in [3.63, 3.8) is 0 Å². The van der Waals surface area contributed by atoms with E-state index in [9.17, 15) is 85.9 Å². The molecule has 0 bridgehead atoms. The lowest BCUT2D eigenvalue weighted by Gasteiger charge is -2.39. The molecule has 14 N–H and O–H groups in total. The summed E-state index contributed by atoms with van der Waals surface area (Å²) < 4.78 is 131. The first kappa shape index (κ1) is 108. The Morgan fingerprint density at radius 1 is 0.463 bits per heavy atom. The van der Waals surface area contributed by atoms with Gasteiger partial charge in [0.05, 0.1) is 128 Å². The number of fused-ring (bicyclic) bond motifs is 6. The Labute approximate surface area is 856 Å². The molecule has 8 aliphatic heterocycles. The number of hydrogen-bond acceptors (Lipinski definition) is 44. The van der Waals surface area contributed by atoms with Crippen molar-refractivity contribution < 1.29 is 193 Å². The Kier molecular flexibility index (Phi) is 34.1. The molecular weight excluding hydrogens is 2030 g/mol. The SMILES string of the molecule is COc1cc2c(cc1OCc1cc(COc3cc4c(cc3OC)C(=O)N3Cc5ccsc5C[C@H]3C(O)N4C(=O)OCc3ccc(O[C@@H]4O[C@H](CO)[C@H](O)[C@H](O)[C@H]4O)cc3)cc(OS(=O)(=O)Oc3cc(C(=O)N(C)CCOCCn4cc(COCCOCCN5C(=O)CCC5=O)nn4)ccc3O[C@@H]3O[C@H](CO)[C@H](O)[C@H](O)[C@H]3O)c1)N(C(=O)OCc1ccc(O[C@@H]3O[C@H](CO)[C@H](O)[C@H](O)[C@H]3O)cc1)C(O)[C@@H]1Cc3sccc3CN1C2=O. The topological polar surface area (TPSA) is 644 Å². The molecule has 9 aromatic rings. The lowest BCUT2D eigenvalue weighted by Crippen LogP contribution is -2.60. The monoisotopic (exact) mass is 2140 g/mol. The summed E-state index contributed by atoms with van der Waals surface area (Å²) in [5.41, 5.74) is 1.66. The van der Waals surface area contributed by atoms with Crippen LogP contribution in [0.3, 0.4) is 0 Å². The predicted molar refractivity (Wildman–Crippen MR) is 509 cm³/mol. The summed E-state index contributed by atoms with van der Waals surface area (Å²) in [4.78, 5) is 107. The van der Waals surface area contributed by atoms with E-state index >= 15 is 27.6 Å². The summed E-state index contributed by atoms with van der Waals surface area (Å²) >= 11 is 2.76. The highest BCUT2D eigenvalue weighted by Gasteiger charge is 2.52. The van der Waals surface area contributed by atoms with Crippen molar-refractivity contribution in [2.75, 3.05) is 97.0 Å². The predicted octanol–water partition coefficient (Wildman–Crippen LogP) is 0.371. The van der Waals surface area contributed by atoms with Crippen LogP contribution in [0, 0.1) is 0 Å². The van der Waals surface area contributed by atoms with Gasteiger partial charge in [-0.05, 0) is 129 Å². The second-order valence-corrected chi connectivity index (χ2v) is 39.0. The molecule has 4 saturated heterocycles. The number of aliphatic hydroxyl groups excluding tert-OH is 14. The van der Waals surface area contributed by atoms with Crippen molar-refractivity contribution in [2.24, 2.45) is 0 Å². The van der Waals surface area contributed by atoms with E-state index in [1.807, 2.05) is 22.9 Å². The van der Waals surface area contributed by atoms with Gasteiger partial charge in [0, 0.05) is 79.8 Å². The lowest BCUT2D eigenvalue weighted by atomic mass is 9.99.